The number of hydrogen-bond acceptors (Lipinski definition) is 2. The quantitative estimate of drug-likeness (QED) is 0.0605. The third kappa shape index (κ3) is 7.02. The van der Waals surface area contributed by atoms with Gasteiger partial charge in [0.15, 0.2) is 5.84 Å². The Labute approximate surface area is 318 Å². The zero-order valence-corrected chi connectivity index (χ0v) is 31.3. The van der Waals surface area contributed by atoms with E-state index >= 15 is 0 Å². The van der Waals surface area contributed by atoms with Crippen molar-refractivity contribution < 1.29 is 4.74 Å². The van der Waals surface area contributed by atoms with Crippen LogP contribution in [-0.2, 0) is 4.74 Å². The lowest BCUT2D eigenvalue weighted by molar-refractivity contribution is 0.311. The molecule has 0 unspecified atom stereocenters. The SMILES string of the molecule is C=C/C=C(OC)\C(=C/n1c2ccccc2c2ccc(C)c(-c3ccccc3C)c21)c1ccccc1C(=C)/N=C(\N=C(/C)c1ccccc1)c1ccccc1. The average Bonchev–Trinajstić information content (AvgIpc) is 3.52. The van der Waals surface area contributed by atoms with Gasteiger partial charge in [-0.25, -0.2) is 9.98 Å². The molecule has 0 saturated carbocycles. The Morgan fingerprint density at radius 3 is 1.98 bits per heavy atom. The predicted octanol–water partition coefficient (Wildman–Crippen LogP) is 12.7. The minimum atomic E-state index is 0.577. The van der Waals surface area contributed by atoms with Gasteiger partial charge in [-0.3, -0.25) is 0 Å². The van der Waals surface area contributed by atoms with Crippen LogP contribution in [0, 0.1) is 13.8 Å². The van der Waals surface area contributed by atoms with Crippen molar-refractivity contribution in [2.75, 3.05) is 7.11 Å². The van der Waals surface area contributed by atoms with Gasteiger partial charge in [-0.15, -0.1) is 0 Å². The number of amidine groups is 1. The molecule has 0 atom stereocenters. The molecule has 264 valence electrons. The zero-order chi connectivity index (χ0) is 37.6. The van der Waals surface area contributed by atoms with Crippen LogP contribution in [0.1, 0.15) is 40.3 Å². The summed E-state index contributed by atoms with van der Waals surface area (Å²) in [6.07, 6.45) is 5.85. The van der Waals surface area contributed by atoms with Gasteiger partial charge in [0, 0.05) is 44.9 Å². The smallest absolute Gasteiger partial charge is 0.160 e. The van der Waals surface area contributed by atoms with Crippen molar-refractivity contribution in [3.63, 3.8) is 0 Å². The molecule has 0 radical (unpaired) electrons. The van der Waals surface area contributed by atoms with Crippen LogP contribution in [0.15, 0.2) is 187 Å². The van der Waals surface area contributed by atoms with Gasteiger partial charge in [0.1, 0.15) is 5.76 Å². The summed E-state index contributed by atoms with van der Waals surface area (Å²) in [4.78, 5) is 10.2. The number of methoxy groups -OCH3 is 1. The second kappa shape index (κ2) is 15.9. The van der Waals surface area contributed by atoms with Crippen molar-refractivity contribution in [2.45, 2.75) is 20.8 Å². The van der Waals surface area contributed by atoms with Crippen molar-refractivity contribution in [3.05, 3.63) is 210 Å². The highest BCUT2D eigenvalue weighted by atomic mass is 16.5. The summed E-state index contributed by atoms with van der Waals surface area (Å²) in [5.74, 6) is 1.24. The van der Waals surface area contributed by atoms with Crippen LogP contribution < -0.4 is 0 Å². The molecule has 0 N–H and O–H groups in total. The molecule has 0 aliphatic heterocycles. The number of nitrogens with zero attached hydrogens (tertiary/aromatic N) is 3. The van der Waals surface area contributed by atoms with Crippen LogP contribution in [-0.4, -0.2) is 23.2 Å². The average molecular weight is 702 g/mol. The molecular weight excluding hydrogens is 659 g/mol. The minimum absolute atomic E-state index is 0.577. The lowest BCUT2D eigenvalue weighted by Crippen LogP contribution is -2.05. The molecule has 6 aromatic carbocycles. The van der Waals surface area contributed by atoms with Gasteiger partial charge in [-0.1, -0.05) is 159 Å². The number of rotatable bonds is 10. The molecule has 0 amide bonds. The van der Waals surface area contributed by atoms with Crippen LogP contribution in [0.3, 0.4) is 0 Å². The van der Waals surface area contributed by atoms with Gasteiger partial charge in [0.05, 0.1) is 23.8 Å². The van der Waals surface area contributed by atoms with E-state index in [1.54, 1.807) is 13.2 Å². The van der Waals surface area contributed by atoms with Crippen molar-refractivity contribution in [3.8, 4) is 11.1 Å². The summed E-state index contributed by atoms with van der Waals surface area (Å²) >= 11 is 0. The lowest BCUT2D eigenvalue weighted by Gasteiger charge is -2.18. The van der Waals surface area contributed by atoms with Crippen molar-refractivity contribution in [2.24, 2.45) is 9.98 Å². The van der Waals surface area contributed by atoms with Gasteiger partial charge in [-0.05, 0) is 60.7 Å². The Bertz CT molecular complexity index is 2640. The molecule has 0 fully saturated rings. The van der Waals surface area contributed by atoms with Crippen LogP contribution in [0.2, 0.25) is 0 Å². The Balaban J connectivity index is 1.49. The Kier molecular flexibility index (Phi) is 10.5. The van der Waals surface area contributed by atoms with Crippen LogP contribution in [0.5, 0.6) is 0 Å². The van der Waals surface area contributed by atoms with Crippen molar-refractivity contribution >= 4 is 50.8 Å². The highest BCUT2D eigenvalue weighted by Crippen LogP contribution is 2.41. The molecule has 0 aliphatic rings. The molecule has 0 bridgehead atoms. The number of hydrogen-bond donors (Lipinski definition) is 0. The van der Waals surface area contributed by atoms with Crippen molar-refractivity contribution in [1.82, 2.24) is 4.57 Å². The third-order valence-electron chi connectivity index (χ3n) is 9.77. The summed E-state index contributed by atoms with van der Waals surface area (Å²) in [7, 11) is 1.70. The van der Waals surface area contributed by atoms with Gasteiger partial charge in [0.25, 0.3) is 0 Å². The number of ether oxygens (including phenoxy) is 1. The second-order valence-corrected chi connectivity index (χ2v) is 13.2. The van der Waals surface area contributed by atoms with E-state index in [1.165, 1.54) is 33.0 Å². The zero-order valence-electron chi connectivity index (χ0n) is 31.3. The largest absolute Gasteiger partial charge is 0.496 e. The number of aryl methyl sites for hydroxylation is 2. The van der Waals surface area contributed by atoms with E-state index in [0.29, 0.717) is 17.3 Å². The molecule has 7 aromatic rings. The number of benzene rings is 6. The molecule has 0 aliphatic carbocycles. The van der Waals surface area contributed by atoms with Gasteiger partial charge >= 0.3 is 0 Å². The third-order valence-corrected chi connectivity index (χ3v) is 9.77. The maximum absolute atomic E-state index is 6.15. The fourth-order valence-corrected chi connectivity index (χ4v) is 7.09. The van der Waals surface area contributed by atoms with E-state index in [4.69, 9.17) is 14.7 Å². The van der Waals surface area contributed by atoms with E-state index in [0.717, 1.165) is 44.6 Å². The fourth-order valence-electron chi connectivity index (χ4n) is 7.09. The van der Waals surface area contributed by atoms with Crippen LogP contribution in [0.25, 0.3) is 50.4 Å². The number of aromatic nitrogens is 1. The van der Waals surface area contributed by atoms with Gasteiger partial charge in [-0.2, -0.15) is 0 Å². The predicted molar refractivity (Wildman–Crippen MR) is 231 cm³/mol. The van der Waals surface area contributed by atoms with E-state index in [1.807, 2.05) is 73.7 Å². The highest BCUT2D eigenvalue weighted by molar-refractivity contribution is 6.16. The molecule has 1 aromatic heterocycles. The highest BCUT2D eigenvalue weighted by Gasteiger charge is 2.21. The van der Waals surface area contributed by atoms with E-state index in [2.05, 4.69) is 123 Å². The summed E-state index contributed by atoms with van der Waals surface area (Å²) in [6.45, 7) is 15.0. The molecule has 7 rings (SSSR count). The van der Waals surface area contributed by atoms with Gasteiger partial charge < -0.3 is 9.30 Å². The molecule has 0 spiro atoms. The number of fused-ring (bicyclic) bond motifs is 3. The number of para-hydroxylation sites is 1. The summed E-state index contributed by atoms with van der Waals surface area (Å²) in [5.41, 5.74) is 13.0. The fraction of sp³-hybridized carbons (Fsp3) is 0.0800. The standard InChI is InChI=1S/C50H43N3O/c1-7-20-47(54-6)45(33-53-46-30-19-18-29-43(46)44-32-31-35(3)48(49(44)53)40-26-15-14-21-34(40)2)42-28-17-16-27-41(42)37(5)52-50(39-24-12-9-13-25-39)51-36(4)38-22-10-8-11-23-38/h7-33H,1,5H2,2-4,6H3/b45-33-,47-20+,51-36+,52-50-. The maximum Gasteiger partial charge on any atom is 0.160 e. The normalized spacial score (nSPS) is 12.7. The Morgan fingerprint density at radius 1 is 0.648 bits per heavy atom. The topological polar surface area (TPSA) is 38.9 Å². The van der Waals surface area contributed by atoms with E-state index < -0.39 is 0 Å². The molecule has 1 heterocycles. The molecular formula is C50H43N3O. The maximum atomic E-state index is 6.15. The first-order valence-electron chi connectivity index (χ1n) is 18.1. The number of aliphatic imine (C=N–C) groups is 2. The Hall–Kier alpha value is -6.78. The lowest BCUT2D eigenvalue weighted by atomic mass is 9.94. The summed E-state index contributed by atoms with van der Waals surface area (Å²) < 4.78 is 8.46. The molecule has 4 nitrogen and oxygen atoms in total. The first-order chi connectivity index (χ1) is 26.4. The van der Waals surface area contributed by atoms with Crippen LogP contribution >= 0.6 is 0 Å². The van der Waals surface area contributed by atoms with Crippen molar-refractivity contribution in [1.29, 1.82) is 0 Å². The van der Waals surface area contributed by atoms with E-state index in [-0.39, 0.29) is 0 Å². The number of allylic oxidation sites excluding steroid dienone is 3. The summed E-state index contributed by atoms with van der Waals surface area (Å²) in [6, 6.07) is 50.0. The first-order valence-corrected chi connectivity index (χ1v) is 18.1. The Morgan fingerprint density at radius 2 is 1.28 bits per heavy atom. The first kappa shape index (κ1) is 35.6. The van der Waals surface area contributed by atoms with Gasteiger partial charge in [0.2, 0.25) is 0 Å². The monoisotopic (exact) mass is 701 g/mol. The molecule has 0 saturated heterocycles. The summed E-state index contributed by atoms with van der Waals surface area (Å²) in [5, 5.41) is 2.35. The molecule has 54 heavy (non-hydrogen) atoms. The molecule has 4 heteroatoms. The van der Waals surface area contributed by atoms with Crippen LogP contribution in [0.4, 0.5) is 0 Å². The van der Waals surface area contributed by atoms with E-state index in [9.17, 15) is 0 Å². The second-order valence-electron chi connectivity index (χ2n) is 13.2. The minimum Gasteiger partial charge on any atom is -0.496 e.